The topological polar surface area (TPSA) is 309 Å². The fourth-order valence-electron chi connectivity index (χ4n) is 11.8. The molecule has 4 aromatic heterocycles. The quantitative estimate of drug-likeness (QED) is 0.0178. The van der Waals surface area contributed by atoms with E-state index >= 15 is 0 Å². The van der Waals surface area contributed by atoms with Gasteiger partial charge in [0.1, 0.15) is 69.3 Å². The highest BCUT2D eigenvalue weighted by Crippen LogP contribution is 2.37. The number of hydrogen-bond acceptors (Lipinski definition) is 20. The normalized spacial score (nSPS) is 13.4. The van der Waals surface area contributed by atoms with Gasteiger partial charge in [0.25, 0.3) is 0 Å². The van der Waals surface area contributed by atoms with Gasteiger partial charge in [-0.15, -0.1) is 0 Å². The van der Waals surface area contributed by atoms with Crippen LogP contribution in [-0.4, -0.2) is 88.2 Å². The van der Waals surface area contributed by atoms with Gasteiger partial charge in [0.15, 0.2) is 23.0 Å². The van der Waals surface area contributed by atoms with Crippen LogP contribution in [0.2, 0.25) is 0 Å². The Bertz CT molecular complexity index is 5060. The molecular weight excluding hydrogens is 1480 g/mol. The van der Waals surface area contributed by atoms with Gasteiger partial charge >= 0.3 is 23.9 Å². The molecule has 4 heterocycles. The van der Waals surface area contributed by atoms with Crippen LogP contribution >= 0.6 is 0 Å². The summed E-state index contributed by atoms with van der Waals surface area (Å²) in [6.45, 7) is 48.1. The Balaban J connectivity index is 0.000000278. The van der Waals surface area contributed by atoms with Crippen LogP contribution in [0, 0.1) is 78.9 Å². The van der Waals surface area contributed by atoms with E-state index in [1.165, 1.54) is 29.2 Å². The van der Waals surface area contributed by atoms with Crippen LogP contribution in [0.25, 0.3) is 45.3 Å². The number of benzene rings is 4. The number of carbonyl (C=O) groups excluding carboxylic acids is 4. The van der Waals surface area contributed by atoms with Crippen LogP contribution < -0.4 is 0 Å². The number of rotatable bonds is 24. The molecule has 4 unspecified atom stereocenters. The van der Waals surface area contributed by atoms with Crippen LogP contribution in [-0.2, 0) is 107 Å². The van der Waals surface area contributed by atoms with E-state index in [-0.39, 0.29) is 51.9 Å². The molecule has 0 aliphatic rings. The van der Waals surface area contributed by atoms with Crippen LogP contribution in [0.1, 0.15) is 255 Å². The lowest BCUT2D eigenvalue weighted by molar-refractivity contribution is -0.168. The summed E-state index contributed by atoms with van der Waals surface area (Å²) in [5.74, 6) is -0.489. The zero-order valence-electron chi connectivity index (χ0n) is 73.8. The van der Waals surface area contributed by atoms with Gasteiger partial charge in [-0.05, 0) is 125 Å². The van der Waals surface area contributed by atoms with E-state index in [4.69, 9.17) is 37.9 Å². The fraction of sp³-hybridized carbons (Fsp3) is 0.441. The highest BCUT2D eigenvalue weighted by atomic mass is 16.7. The fourth-order valence-corrected chi connectivity index (χ4v) is 11.8. The Labute approximate surface area is 691 Å². The molecule has 0 bridgehead atoms. The Hall–Kier alpha value is -12.3. The molecule has 0 saturated carbocycles. The van der Waals surface area contributed by atoms with Gasteiger partial charge in [0.2, 0.25) is 25.2 Å². The maximum Gasteiger partial charge on any atom is 0.311 e. The van der Waals surface area contributed by atoms with Crippen molar-refractivity contribution in [2.45, 2.75) is 239 Å². The number of esters is 4. The number of carbonyl (C=O) groups is 4. The summed E-state index contributed by atoms with van der Waals surface area (Å²) in [7, 11) is 7.14. The largest absolute Gasteiger partial charge is 0.451 e. The molecule has 0 N–H and O–H groups in total. The second kappa shape index (κ2) is 41.8. The van der Waals surface area contributed by atoms with Crippen molar-refractivity contribution in [2.24, 2.45) is 34.1 Å². The lowest BCUT2D eigenvalue weighted by Crippen LogP contribution is -2.22. The predicted molar refractivity (Wildman–Crippen MR) is 454 cm³/mol. The summed E-state index contributed by atoms with van der Waals surface area (Å²) < 4.78 is 51.6. The van der Waals surface area contributed by atoms with Crippen molar-refractivity contribution in [1.82, 2.24) is 39.1 Å². The molecule has 0 aliphatic heterocycles. The molecular formula is C93H118N12O12. The van der Waals surface area contributed by atoms with Crippen LogP contribution in [0.5, 0.6) is 0 Å². The van der Waals surface area contributed by atoms with Crippen molar-refractivity contribution >= 4 is 69.2 Å². The smallest absolute Gasteiger partial charge is 0.311 e. The van der Waals surface area contributed by atoms with Gasteiger partial charge in [0, 0.05) is 75.7 Å². The van der Waals surface area contributed by atoms with Crippen LogP contribution in [0.4, 0.5) is 0 Å². The van der Waals surface area contributed by atoms with Gasteiger partial charge in [-0.25, -0.2) is 0 Å². The Kier molecular flexibility index (Phi) is 34.1. The number of allylic oxidation sites excluding steroid dienone is 4. The molecule has 4 aromatic carbocycles. The first-order chi connectivity index (χ1) is 54.6. The third-order valence-electron chi connectivity index (χ3n) is 18.0. The van der Waals surface area contributed by atoms with Gasteiger partial charge in [-0.3, -0.25) is 37.9 Å². The molecule has 622 valence electrons. The minimum absolute atomic E-state index is 0.00704. The third-order valence-corrected chi connectivity index (χ3v) is 18.0. The van der Waals surface area contributed by atoms with Gasteiger partial charge < -0.3 is 37.9 Å². The molecule has 0 aliphatic carbocycles. The van der Waals surface area contributed by atoms with Crippen molar-refractivity contribution in [3.63, 3.8) is 0 Å². The highest BCUT2D eigenvalue weighted by molar-refractivity contribution is 5.97. The molecule has 24 nitrogen and oxygen atoms in total. The van der Waals surface area contributed by atoms with E-state index in [1.807, 2.05) is 156 Å². The predicted octanol–water partition coefficient (Wildman–Crippen LogP) is 19.2. The summed E-state index contributed by atoms with van der Waals surface area (Å²) >= 11 is 0. The minimum Gasteiger partial charge on any atom is -0.451 e. The lowest BCUT2D eigenvalue weighted by Gasteiger charge is -2.21. The Morgan fingerprint density at radius 1 is 0.359 bits per heavy atom. The number of nitriles is 4. The SMILES string of the molecule is CC(=O)OC(C)O/C(=C(/C#N)c1ccc(C(C)(C)C)cc1)c1cc(C)nn1C.CCC(=O)OC(C)O/C(=C(/C#N)c1ccc(C(C)(C)C)cc1)c1cc(C)nn1C.CCCC(=O)OC(C)O/C(=C(/C#N)c1ccc(C(C)(C)C)cc1)c1cc(C)nn1C.Cc1cc(/C(OC(C)OC(=O)C(C)C)=C(\C#N)c2ccc(C(C)(C)C)cc2)n(C)n1. The maximum atomic E-state index is 12.0. The summed E-state index contributed by atoms with van der Waals surface area (Å²) in [5, 5.41) is 57.3. The standard InChI is InChI=1S/2C24H31N3O3.C23H29N3O3.C22H27N3O3/c1-15(2)23(28)30-17(4)29-22(21-13-16(3)26-27(21)8)20(14-25)18-9-11-19(12-10-18)24(5,6)7;1-8-9-22(28)29-17(3)30-23(21-14-16(2)26-27(21)7)20(15-25)18-10-12-19(13-11-18)24(4,5)6;1-8-21(27)28-16(3)29-22(20-13-15(2)25-26(20)7)19(14-24)17-9-11-18(12-10-17)23(4,5)6;1-14-12-20(25(7)24-14)21(28-16(3)27-15(2)26)19(13-23)17-8-10-18(11-9-17)22(4,5)6/h9-13,15,17H,1-8H3;10-14,17H,8-9H2,1-7H3;9-13,16H,8H2,1-7H3;8-12,16H,1-7H3/b22-20-;23-20-;22-19-;21-19-. The average Bonchev–Trinajstić information content (AvgIpc) is 1.77. The molecule has 4 atom stereocenters. The van der Waals surface area contributed by atoms with Gasteiger partial charge in [-0.2, -0.15) is 41.4 Å². The third kappa shape index (κ3) is 27.7. The summed E-state index contributed by atoms with van der Waals surface area (Å²) in [5.41, 5.74) is 14.7. The van der Waals surface area contributed by atoms with Crippen LogP contribution in [0.3, 0.4) is 0 Å². The molecule has 117 heavy (non-hydrogen) atoms. The first-order valence-electron chi connectivity index (χ1n) is 39.1. The second-order valence-electron chi connectivity index (χ2n) is 32.8. The summed E-state index contributed by atoms with van der Waals surface area (Å²) in [6.07, 6.45) is -2.13. The number of aromatic nitrogens is 8. The van der Waals surface area contributed by atoms with Gasteiger partial charge in [-0.1, -0.05) is 208 Å². The molecule has 0 amide bonds. The molecule has 0 radical (unpaired) electrons. The summed E-state index contributed by atoms with van der Waals surface area (Å²) in [6, 6.07) is 47.8. The monoisotopic (exact) mass is 1590 g/mol. The molecule has 8 aromatic rings. The van der Waals surface area contributed by atoms with Crippen molar-refractivity contribution in [3.8, 4) is 24.3 Å². The molecule has 0 fully saturated rings. The summed E-state index contributed by atoms with van der Waals surface area (Å²) in [4.78, 5) is 46.8. The van der Waals surface area contributed by atoms with E-state index in [9.17, 15) is 40.2 Å². The Morgan fingerprint density at radius 3 is 0.761 bits per heavy atom. The van der Waals surface area contributed by atoms with Crippen molar-refractivity contribution in [1.29, 1.82) is 21.0 Å². The average molecular weight is 1600 g/mol. The highest BCUT2D eigenvalue weighted by Gasteiger charge is 2.29. The van der Waals surface area contributed by atoms with E-state index < -0.39 is 31.1 Å². The first-order valence-corrected chi connectivity index (χ1v) is 39.1. The zero-order valence-corrected chi connectivity index (χ0v) is 73.8. The van der Waals surface area contributed by atoms with Crippen molar-refractivity contribution < 1.29 is 57.1 Å². The minimum atomic E-state index is -0.859. The molecule has 0 saturated heterocycles. The number of nitrogens with zero attached hydrogens (tertiary/aromatic N) is 12. The molecule has 0 spiro atoms. The number of aryl methyl sites for hydroxylation is 8. The Morgan fingerprint density at radius 2 is 0.581 bits per heavy atom. The van der Waals surface area contributed by atoms with Crippen molar-refractivity contribution in [3.05, 3.63) is 211 Å². The zero-order chi connectivity index (χ0) is 87.9. The van der Waals surface area contributed by atoms with Crippen molar-refractivity contribution in [2.75, 3.05) is 0 Å². The van der Waals surface area contributed by atoms with Gasteiger partial charge in [0.05, 0.1) is 28.7 Å². The first kappa shape index (κ1) is 95.3. The van der Waals surface area contributed by atoms with Crippen LogP contribution in [0.15, 0.2) is 121 Å². The van der Waals surface area contributed by atoms with E-state index in [1.54, 1.807) is 95.4 Å². The lowest BCUT2D eigenvalue weighted by atomic mass is 9.86. The van der Waals surface area contributed by atoms with E-state index in [0.29, 0.717) is 80.9 Å². The second-order valence-corrected chi connectivity index (χ2v) is 32.8. The van der Waals surface area contributed by atoms with E-state index in [2.05, 4.69) is 128 Å². The number of hydrogen-bond donors (Lipinski definition) is 0. The maximum absolute atomic E-state index is 12.0. The van der Waals surface area contributed by atoms with E-state index in [0.717, 1.165) is 45.0 Å². The number of ether oxygens (including phenoxy) is 8. The molecule has 8 rings (SSSR count). The molecule has 24 heteroatoms.